The summed E-state index contributed by atoms with van der Waals surface area (Å²) in [5.74, 6) is 0. The highest BCUT2D eigenvalue weighted by atomic mass is 35.5. The predicted octanol–water partition coefficient (Wildman–Crippen LogP) is 1.67. The molecule has 10 heteroatoms. The average molecular weight is 326 g/mol. The second kappa shape index (κ2) is 7.32. The van der Waals surface area contributed by atoms with Crippen LogP contribution in [-0.2, 0) is 19.6 Å². The van der Waals surface area contributed by atoms with Gasteiger partial charge in [0, 0.05) is 24.5 Å². The summed E-state index contributed by atoms with van der Waals surface area (Å²) in [6.45, 7) is -0.360. The minimum absolute atomic E-state index is 0. The number of hydrogen-bond donors (Lipinski definition) is 2. The average Bonchev–Trinajstić information content (AvgIpc) is 2.94. The minimum Gasteiger partial charge on any atom is -0.394 e. The molecule has 0 spiro atoms. The van der Waals surface area contributed by atoms with Crippen LogP contribution in [0, 0.1) is 0 Å². The van der Waals surface area contributed by atoms with E-state index in [2.05, 4.69) is 15.5 Å². The lowest BCUT2D eigenvalue weighted by molar-refractivity contribution is -0.142. The second-order valence-corrected chi connectivity index (χ2v) is 4.23. The largest absolute Gasteiger partial charge is 0.408 e. The van der Waals surface area contributed by atoms with E-state index < -0.39 is 12.7 Å². The zero-order chi connectivity index (χ0) is 14.6. The smallest absolute Gasteiger partial charge is 0.394 e. The minimum atomic E-state index is -4.28. The summed E-state index contributed by atoms with van der Waals surface area (Å²) < 4.78 is 38.9. The third-order valence-corrected chi connectivity index (χ3v) is 2.49. The van der Waals surface area contributed by atoms with Gasteiger partial charge >= 0.3 is 6.18 Å². The fourth-order valence-electron chi connectivity index (χ4n) is 1.65. The summed E-state index contributed by atoms with van der Waals surface area (Å²) in [7, 11) is 0. The Balaban J connectivity index is 0.00000220. The van der Waals surface area contributed by atoms with E-state index in [9.17, 15) is 13.2 Å². The van der Waals surface area contributed by atoms with E-state index >= 15 is 0 Å². The Morgan fingerprint density at radius 2 is 1.86 bits per heavy atom. The van der Waals surface area contributed by atoms with Crippen LogP contribution in [0.2, 0.25) is 0 Å². The molecule has 118 valence electrons. The van der Waals surface area contributed by atoms with Crippen LogP contribution in [0.15, 0.2) is 24.8 Å². The van der Waals surface area contributed by atoms with E-state index in [1.807, 2.05) is 0 Å². The van der Waals surface area contributed by atoms with Crippen LogP contribution in [0.5, 0.6) is 0 Å². The molecule has 0 radical (unpaired) electrons. The lowest BCUT2D eigenvalue weighted by Gasteiger charge is -2.05. The van der Waals surface area contributed by atoms with Gasteiger partial charge in [-0.05, 0) is 0 Å². The van der Waals surface area contributed by atoms with Gasteiger partial charge in [-0.1, -0.05) is 0 Å². The molecule has 0 aliphatic heterocycles. The molecule has 2 rings (SSSR count). The topological polar surface area (TPSA) is 67.9 Å². The standard InChI is InChI=1S/C11H14F3N5O.ClH/c12-11(13,14)8-19-6-9(4-16-19)3-15-10-5-17-18(7-10)1-2-20;/h4-7,15,20H,1-3,8H2;1H. The molecule has 2 aromatic heterocycles. The summed E-state index contributed by atoms with van der Waals surface area (Å²) in [6.07, 6.45) is 1.74. The third-order valence-electron chi connectivity index (χ3n) is 2.49. The van der Waals surface area contributed by atoms with E-state index in [-0.39, 0.29) is 19.0 Å². The van der Waals surface area contributed by atoms with Gasteiger partial charge in [-0.25, -0.2) is 0 Å². The second-order valence-electron chi connectivity index (χ2n) is 4.23. The van der Waals surface area contributed by atoms with Crippen molar-refractivity contribution in [3.8, 4) is 0 Å². The van der Waals surface area contributed by atoms with E-state index in [1.165, 1.54) is 12.4 Å². The first-order chi connectivity index (χ1) is 9.46. The highest BCUT2D eigenvalue weighted by Crippen LogP contribution is 2.17. The Kier molecular flexibility index (Phi) is 6.03. The van der Waals surface area contributed by atoms with Crippen LogP contribution in [0.3, 0.4) is 0 Å². The van der Waals surface area contributed by atoms with Crippen LogP contribution < -0.4 is 5.32 Å². The molecule has 0 bridgehead atoms. The molecule has 0 aliphatic carbocycles. The quantitative estimate of drug-likeness (QED) is 0.848. The Labute approximate surface area is 125 Å². The van der Waals surface area contributed by atoms with Crippen molar-refractivity contribution in [2.45, 2.75) is 25.8 Å². The van der Waals surface area contributed by atoms with Crippen LogP contribution in [0.1, 0.15) is 5.56 Å². The number of aliphatic hydroxyl groups excluding tert-OH is 1. The Morgan fingerprint density at radius 3 is 2.52 bits per heavy atom. The molecule has 0 atom stereocenters. The van der Waals surface area contributed by atoms with Crippen molar-refractivity contribution in [1.29, 1.82) is 0 Å². The Hall–Kier alpha value is -1.74. The Bertz CT molecular complexity index is 554. The van der Waals surface area contributed by atoms with Gasteiger partial charge in [0.1, 0.15) is 6.54 Å². The van der Waals surface area contributed by atoms with Gasteiger partial charge in [0.15, 0.2) is 0 Å². The highest BCUT2D eigenvalue weighted by Gasteiger charge is 2.28. The summed E-state index contributed by atoms with van der Waals surface area (Å²) in [5.41, 5.74) is 1.37. The third kappa shape index (κ3) is 5.64. The summed E-state index contributed by atoms with van der Waals surface area (Å²) in [4.78, 5) is 0. The van der Waals surface area contributed by atoms with Gasteiger partial charge < -0.3 is 10.4 Å². The zero-order valence-corrected chi connectivity index (χ0v) is 11.7. The highest BCUT2D eigenvalue weighted by molar-refractivity contribution is 5.85. The molecule has 2 heterocycles. The number of hydrogen-bond acceptors (Lipinski definition) is 4. The molecule has 6 nitrogen and oxygen atoms in total. The molecule has 0 amide bonds. The lowest BCUT2D eigenvalue weighted by Crippen LogP contribution is -2.17. The number of nitrogens with zero attached hydrogens (tertiary/aromatic N) is 4. The number of alkyl halides is 3. The summed E-state index contributed by atoms with van der Waals surface area (Å²) in [6, 6.07) is 0. The maximum absolute atomic E-state index is 12.2. The van der Waals surface area contributed by atoms with Crippen molar-refractivity contribution in [2.24, 2.45) is 0 Å². The zero-order valence-electron chi connectivity index (χ0n) is 10.9. The van der Waals surface area contributed by atoms with Gasteiger partial charge in [0.05, 0.1) is 31.2 Å². The van der Waals surface area contributed by atoms with Crippen molar-refractivity contribution in [1.82, 2.24) is 19.6 Å². The molecule has 0 unspecified atom stereocenters. The summed E-state index contributed by atoms with van der Waals surface area (Å²) >= 11 is 0. The molecule has 2 N–H and O–H groups in total. The SMILES string of the molecule is Cl.OCCn1cc(NCc2cnn(CC(F)(F)F)c2)cn1. The van der Waals surface area contributed by atoms with Gasteiger partial charge in [-0.3, -0.25) is 9.36 Å². The molecular formula is C11H15ClF3N5O. The molecular weight excluding hydrogens is 311 g/mol. The number of aromatic nitrogens is 4. The van der Waals surface area contributed by atoms with Crippen molar-refractivity contribution < 1.29 is 18.3 Å². The number of halogens is 4. The maximum Gasteiger partial charge on any atom is 0.408 e. The fraction of sp³-hybridized carbons (Fsp3) is 0.455. The van der Waals surface area contributed by atoms with E-state index in [1.54, 1.807) is 17.1 Å². The number of aliphatic hydroxyl groups is 1. The van der Waals surface area contributed by atoms with E-state index in [0.717, 1.165) is 10.4 Å². The van der Waals surface area contributed by atoms with Crippen molar-refractivity contribution >= 4 is 18.1 Å². The van der Waals surface area contributed by atoms with Crippen molar-refractivity contribution in [2.75, 3.05) is 11.9 Å². The first-order valence-electron chi connectivity index (χ1n) is 5.91. The predicted molar refractivity (Wildman–Crippen MR) is 72.2 cm³/mol. The molecule has 0 saturated heterocycles. The van der Waals surface area contributed by atoms with Crippen LogP contribution >= 0.6 is 12.4 Å². The molecule has 21 heavy (non-hydrogen) atoms. The lowest BCUT2D eigenvalue weighted by atomic mass is 10.3. The first kappa shape index (κ1) is 17.3. The Morgan fingerprint density at radius 1 is 1.14 bits per heavy atom. The molecule has 0 aromatic carbocycles. The van der Waals surface area contributed by atoms with Crippen molar-refractivity contribution in [3.05, 3.63) is 30.4 Å². The summed E-state index contributed by atoms with van der Waals surface area (Å²) in [5, 5.41) is 19.4. The normalized spacial score (nSPS) is 11.2. The van der Waals surface area contributed by atoms with Crippen LogP contribution in [0.4, 0.5) is 18.9 Å². The monoisotopic (exact) mass is 325 g/mol. The molecule has 0 fully saturated rings. The van der Waals surface area contributed by atoms with Gasteiger partial charge in [-0.2, -0.15) is 23.4 Å². The van der Waals surface area contributed by atoms with Gasteiger partial charge in [0.2, 0.25) is 0 Å². The maximum atomic E-state index is 12.2. The fourth-order valence-corrected chi connectivity index (χ4v) is 1.65. The van der Waals surface area contributed by atoms with Gasteiger partial charge in [-0.15, -0.1) is 12.4 Å². The van der Waals surface area contributed by atoms with Crippen molar-refractivity contribution in [3.63, 3.8) is 0 Å². The molecule has 2 aromatic rings. The number of anilines is 1. The van der Waals surface area contributed by atoms with E-state index in [0.29, 0.717) is 18.7 Å². The first-order valence-corrected chi connectivity index (χ1v) is 5.91. The number of nitrogens with one attached hydrogen (secondary N) is 1. The molecule has 0 aliphatic rings. The molecule has 0 saturated carbocycles. The number of rotatable bonds is 6. The van der Waals surface area contributed by atoms with Crippen LogP contribution in [0.25, 0.3) is 0 Å². The van der Waals surface area contributed by atoms with Gasteiger partial charge in [0.25, 0.3) is 0 Å². The van der Waals surface area contributed by atoms with E-state index in [4.69, 9.17) is 5.11 Å². The van der Waals surface area contributed by atoms with Crippen LogP contribution in [-0.4, -0.2) is 37.5 Å².